The second-order valence-corrected chi connectivity index (χ2v) is 17.3. The van der Waals surface area contributed by atoms with Crippen molar-refractivity contribution in [3.8, 4) is 16.9 Å². The minimum atomic E-state index is -1.06. The zero-order valence-electron chi connectivity index (χ0n) is 35.3. The molecule has 3 N–H and O–H groups in total. The van der Waals surface area contributed by atoms with E-state index in [2.05, 4.69) is 54.8 Å². The number of ether oxygens (including phenoxy) is 2. The molecule has 1 aromatic heterocycles. The number of hydrogen-bond acceptors (Lipinski definition) is 9. The van der Waals surface area contributed by atoms with Gasteiger partial charge in [0.05, 0.1) is 24.1 Å². The van der Waals surface area contributed by atoms with E-state index in [4.69, 9.17) is 14.5 Å². The number of esters is 1. The summed E-state index contributed by atoms with van der Waals surface area (Å²) in [5, 5.41) is 16.6. The molecular weight excluding hydrogens is 749 g/mol. The van der Waals surface area contributed by atoms with E-state index in [0.717, 1.165) is 51.0 Å². The van der Waals surface area contributed by atoms with E-state index < -0.39 is 35.4 Å². The number of nitrogens with zero attached hydrogens (tertiary/aromatic N) is 4. The van der Waals surface area contributed by atoms with Crippen molar-refractivity contribution >= 4 is 46.4 Å². The van der Waals surface area contributed by atoms with Crippen LogP contribution in [0.2, 0.25) is 0 Å². The van der Waals surface area contributed by atoms with E-state index in [-0.39, 0.29) is 48.5 Å². The van der Waals surface area contributed by atoms with Crippen molar-refractivity contribution in [1.82, 2.24) is 25.2 Å². The SMILES string of the molecule is C=C/C(=C(\N=CC)[C@H](C)OC)c1c2c3cc(ccc3n1CC)-c1cc(O)cc(c1)C[C@H](NC(=O)[C@@H]1[C@H]3CC3CN1C(C)=O)C(=O)N1CCC[C@H](N1)C(=O)OCC(C)(C)C2. The van der Waals surface area contributed by atoms with Crippen LogP contribution in [0.25, 0.3) is 27.6 Å². The fraction of sp³-hybridized carbons (Fsp3) is 0.500. The number of hydrogen-bond donors (Lipinski definition) is 3. The monoisotopic (exact) mass is 806 g/mol. The normalized spacial score (nSPS) is 25.2. The van der Waals surface area contributed by atoms with Crippen LogP contribution in [0.3, 0.4) is 0 Å². The molecule has 13 nitrogen and oxygen atoms in total. The Bertz CT molecular complexity index is 2240. The lowest BCUT2D eigenvalue weighted by molar-refractivity contribution is -0.155. The summed E-state index contributed by atoms with van der Waals surface area (Å²) in [5.41, 5.74) is 9.36. The lowest BCUT2D eigenvalue weighted by Crippen LogP contribution is -2.61. The Hall–Kier alpha value is -5.27. The van der Waals surface area contributed by atoms with Crippen molar-refractivity contribution in [3.63, 3.8) is 0 Å². The average Bonchev–Trinajstić information content (AvgIpc) is 3.77. The third-order valence-electron chi connectivity index (χ3n) is 12.4. The van der Waals surface area contributed by atoms with Crippen molar-refractivity contribution in [1.29, 1.82) is 0 Å². The van der Waals surface area contributed by atoms with Crippen LogP contribution in [0.1, 0.15) is 77.6 Å². The van der Waals surface area contributed by atoms with Gasteiger partial charge >= 0.3 is 5.97 Å². The summed E-state index contributed by atoms with van der Waals surface area (Å²) < 4.78 is 14.1. The molecule has 6 bridgehead atoms. The first-order valence-electron chi connectivity index (χ1n) is 20.9. The van der Waals surface area contributed by atoms with Crippen molar-refractivity contribution < 1.29 is 33.8 Å². The highest BCUT2D eigenvalue weighted by atomic mass is 16.5. The molecule has 2 saturated heterocycles. The molecule has 0 radical (unpaired) electrons. The molecule has 3 aromatic rings. The molecule has 59 heavy (non-hydrogen) atoms. The predicted molar refractivity (Wildman–Crippen MR) is 227 cm³/mol. The summed E-state index contributed by atoms with van der Waals surface area (Å²) in [5.74, 6) is -1.07. The number of methoxy groups -OCH3 is 1. The van der Waals surface area contributed by atoms with Crippen molar-refractivity contribution in [3.05, 3.63) is 71.6 Å². The van der Waals surface area contributed by atoms with Crippen LogP contribution in [0, 0.1) is 17.3 Å². The number of aromatic hydroxyl groups is 1. The zero-order valence-corrected chi connectivity index (χ0v) is 35.3. The molecule has 3 amide bonds. The van der Waals surface area contributed by atoms with Gasteiger partial charge in [-0.3, -0.25) is 29.2 Å². The molecule has 4 aliphatic rings. The number of aromatic nitrogens is 1. The third kappa shape index (κ3) is 8.32. The first-order valence-corrected chi connectivity index (χ1v) is 20.9. The summed E-state index contributed by atoms with van der Waals surface area (Å²) in [6.07, 6.45) is 5.73. The molecule has 3 fully saturated rings. The second kappa shape index (κ2) is 16.8. The van der Waals surface area contributed by atoms with Crippen molar-refractivity contribution in [2.24, 2.45) is 22.2 Å². The molecular formula is C46H58N6O7. The van der Waals surface area contributed by atoms with Gasteiger partial charge in [0, 0.05) is 68.2 Å². The number of fused-ring (bicyclic) bond motifs is 7. The summed E-state index contributed by atoms with van der Waals surface area (Å²) in [6.45, 7) is 17.4. The van der Waals surface area contributed by atoms with Crippen LogP contribution >= 0.6 is 0 Å². The number of rotatable bonds is 8. The quantitative estimate of drug-likeness (QED) is 0.152. The maximum atomic E-state index is 14.5. The number of hydrazine groups is 1. The number of nitrogens with one attached hydrogen (secondary N) is 2. The Morgan fingerprint density at radius 2 is 1.97 bits per heavy atom. The molecule has 13 heteroatoms. The number of allylic oxidation sites excluding steroid dienone is 2. The maximum Gasteiger partial charge on any atom is 0.324 e. The van der Waals surface area contributed by atoms with E-state index in [1.54, 1.807) is 30.4 Å². The van der Waals surface area contributed by atoms with Gasteiger partial charge in [-0.2, -0.15) is 0 Å². The van der Waals surface area contributed by atoms with Gasteiger partial charge in [-0.25, -0.2) is 5.43 Å². The van der Waals surface area contributed by atoms with E-state index in [1.165, 1.54) is 11.9 Å². The number of phenolic OH excluding ortho intramolecular Hbond substituents is 1. The summed E-state index contributed by atoms with van der Waals surface area (Å²) in [7, 11) is 1.66. The van der Waals surface area contributed by atoms with Gasteiger partial charge in [0.25, 0.3) is 5.91 Å². The Labute approximate surface area is 346 Å². The molecule has 6 atom stereocenters. The minimum absolute atomic E-state index is 0.0171. The standard InChI is InChI=1S/C46H58N6O7/c1-9-33(40(47-10-2)26(4)58-8)41-36-23-46(6,7)25-59-45(57)37-13-12-16-52(49-37)44(56)38(48-43(55)42-34-22-31(34)24-51(42)27(5)53)19-28-17-30(20-32(54)18-28)29-14-15-39(35(36)21-29)50(41)11-3/h9-10,14-15,17-18,20-21,26,31,34,37-38,42,49,54H,1,11-13,16,19,22-25H2,2-8H3,(H,48,55)/b40-33+,47-10?/t26-,31?,34-,37-,38-,42-/m0/s1. The van der Waals surface area contributed by atoms with Gasteiger partial charge in [-0.15, -0.1) is 0 Å². The molecule has 7 rings (SSSR count). The molecule has 3 aliphatic heterocycles. The highest BCUT2D eigenvalue weighted by Gasteiger charge is 2.56. The van der Waals surface area contributed by atoms with Gasteiger partial charge in [0.2, 0.25) is 11.8 Å². The average molecular weight is 807 g/mol. The highest BCUT2D eigenvalue weighted by molar-refractivity contribution is 5.96. The second-order valence-electron chi connectivity index (χ2n) is 17.3. The number of cyclic esters (lactones) is 1. The van der Waals surface area contributed by atoms with Crippen LogP contribution in [0.15, 0.2) is 59.7 Å². The molecule has 4 heterocycles. The lowest BCUT2D eigenvalue weighted by Gasteiger charge is -2.36. The van der Waals surface area contributed by atoms with Gasteiger partial charge in [-0.05, 0) is 105 Å². The number of benzene rings is 2. The largest absolute Gasteiger partial charge is 0.508 e. The number of likely N-dealkylation sites (tertiary alicyclic amines) is 1. The number of carbonyl (C=O) groups excluding carboxylic acids is 4. The third-order valence-corrected chi connectivity index (χ3v) is 12.4. The highest BCUT2D eigenvalue weighted by Crippen LogP contribution is 2.49. The van der Waals surface area contributed by atoms with Gasteiger partial charge < -0.3 is 29.4 Å². The smallest absolute Gasteiger partial charge is 0.324 e. The van der Waals surface area contributed by atoms with Crippen LogP contribution in [0.5, 0.6) is 5.75 Å². The number of amides is 3. The van der Waals surface area contributed by atoms with Gasteiger partial charge in [0.15, 0.2) is 0 Å². The van der Waals surface area contributed by atoms with Crippen molar-refractivity contribution in [2.45, 2.75) is 104 Å². The summed E-state index contributed by atoms with van der Waals surface area (Å²) in [6, 6.07) is 9.00. The molecule has 1 unspecified atom stereocenters. The topological polar surface area (TPSA) is 155 Å². The fourth-order valence-electron chi connectivity index (χ4n) is 9.36. The molecule has 314 valence electrons. The number of aliphatic imine (C=N–C) groups is 1. The van der Waals surface area contributed by atoms with Crippen LogP contribution in [-0.2, 0) is 48.0 Å². The predicted octanol–water partition coefficient (Wildman–Crippen LogP) is 5.57. The van der Waals surface area contributed by atoms with E-state index >= 15 is 0 Å². The van der Waals surface area contributed by atoms with E-state index in [9.17, 15) is 24.3 Å². The zero-order chi connectivity index (χ0) is 42.3. The Morgan fingerprint density at radius 3 is 2.66 bits per heavy atom. The van der Waals surface area contributed by atoms with E-state index in [1.807, 2.05) is 32.1 Å². The summed E-state index contributed by atoms with van der Waals surface area (Å²) >= 11 is 0. The summed E-state index contributed by atoms with van der Waals surface area (Å²) in [4.78, 5) is 61.2. The fourth-order valence-corrected chi connectivity index (χ4v) is 9.36. The maximum absolute atomic E-state index is 14.5. The Balaban J connectivity index is 1.38. The molecule has 1 saturated carbocycles. The van der Waals surface area contributed by atoms with Gasteiger partial charge in [0.1, 0.15) is 23.9 Å². The Kier molecular flexibility index (Phi) is 11.9. The minimum Gasteiger partial charge on any atom is -0.508 e. The van der Waals surface area contributed by atoms with Gasteiger partial charge in [-0.1, -0.05) is 38.6 Å². The van der Waals surface area contributed by atoms with Crippen LogP contribution in [-0.4, -0.2) is 101 Å². The lowest BCUT2D eigenvalue weighted by atomic mass is 9.84. The Morgan fingerprint density at radius 1 is 1.19 bits per heavy atom. The van der Waals surface area contributed by atoms with Crippen LogP contribution in [0.4, 0.5) is 0 Å². The van der Waals surface area contributed by atoms with Crippen LogP contribution < -0.4 is 10.7 Å². The number of aryl methyl sites for hydroxylation is 1. The number of carbonyl (C=O) groups is 4. The van der Waals surface area contributed by atoms with Crippen molar-refractivity contribution in [2.75, 3.05) is 26.8 Å². The van der Waals surface area contributed by atoms with E-state index in [0.29, 0.717) is 44.5 Å². The first-order chi connectivity index (χ1) is 28.2. The number of phenols is 1. The molecule has 2 aromatic carbocycles. The first kappa shape index (κ1) is 41.9. The number of piperidine rings is 1. The molecule has 0 spiro atoms. The molecule has 1 aliphatic carbocycles.